The fraction of sp³-hybridized carbons (Fsp3) is 0.889. The summed E-state index contributed by atoms with van der Waals surface area (Å²) in [6, 6.07) is -0.523. The second-order valence-corrected chi connectivity index (χ2v) is 11.1. The minimum absolute atomic E-state index is 0.0254. The summed E-state index contributed by atoms with van der Waals surface area (Å²) >= 11 is 0. The molecule has 4 fully saturated rings. The van der Waals surface area contributed by atoms with E-state index in [1.54, 1.807) is 11.9 Å². The zero-order valence-corrected chi connectivity index (χ0v) is 17.5. The van der Waals surface area contributed by atoms with Gasteiger partial charge in [0.05, 0.1) is 17.3 Å². The van der Waals surface area contributed by atoms with Gasteiger partial charge in [-0.2, -0.15) is 0 Å². The van der Waals surface area contributed by atoms with Crippen LogP contribution in [-0.4, -0.2) is 73.2 Å². The molecular formula is C18H30N4O5S. The van der Waals surface area contributed by atoms with Crippen molar-refractivity contribution < 1.29 is 22.8 Å². The molecule has 2 N–H and O–H groups in total. The Bertz CT molecular complexity index is 768. The number of fused-ring (bicyclic) bond motifs is 1. The van der Waals surface area contributed by atoms with Crippen LogP contribution in [0, 0.1) is 11.8 Å². The van der Waals surface area contributed by atoms with Gasteiger partial charge in [-0.1, -0.05) is 0 Å². The first-order valence-corrected chi connectivity index (χ1v) is 11.7. The molecule has 9 nitrogen and oxygen atoms in total. The van der Waals surface area contributed by atoms with Crippen LogP contribution in [0.4, 0.5) is 4.79 Å². The van der Waals surface area contributed by atoms with E-state index in [0.717, 1.165) is 12.8 Å². The summed E-state index contributed by atoms with van der Waals surface area (Å²) in [5.74, 6) is -0.696. The summed E-state index contributed by atoms with van der Waals surface area (Å²) in [7, 11) is -1.77. The lowest BCUT2D eigenvalue weighted by Gasteiger charge is -2.47. The molecule has 0 radical (unpaired) electrons. The first-order chi connectivity index (χ1) is 13.1. The maximum atomic E-state index is 13.2. The Morgan fingerprint density at radius 2 is 2.00 bits per heavy atom. The van der Waals surface area contributed by atoms with Crippen LogP contribution in [0.3, 0.4) is 0 Å². The fourth-order valence-corrected chi connectivity index (χ4v) is 6.60. The predicted octanol–water partition coefficient (Wildman–Crippen LogP) is 0.429. The average Bonchev–Trinajstić information content (AvgIpc) is 3.22. The molecule has 5 unspecified atom stereocenters. The maximum Gasteiger partial charge on any atom is 0.326 e. The van der Waals surface area contributed by atoms with E-state index in [1.807, 2.05) is 13.8 Å². The van der Waals surface area contributed by atoms with Gasteiger partial charge in [-0.05, 0) is 46.0 Å². The number of urea groups is 1. The van der Waals surface area contributed by atoms with Gasteiger partial charge in [0.1, 0.15) is 0 Å². The number of carbonyl (C=O) groups excluding carboxylic acids is 2. The van der Waals surface area contributed by atoms with Crippen LogP contribution in [0.15, 0.2) is 0 Å². The molecule has 5 atom stereocenters. The van der Waals surface area contributed by atoms with Crippen LogP contribution >= 0.6 is 0 Å². The van der Waals surface area contributed by atoms with Gasteiger partial charge in [0.25, 0.3) is 0 Å². The third-order valence-electron chi connectivity index (χ3n) is 6.90. The lowest BCUT2D eigenvalue weighted by molar-refractivity contribution is -0.140. The summed E-state index contributed by atoms with van der Waals surface area (Å²) in [6.07, 6.45) is 2.87. The monoisotopic (exact) mass is 414 g/mol. The van der Waals surface area contributed by atoms with Gasteiger partial charge in [0.15, 0.2) is 0 Å². The summed E-state index contributed by atoms with van der Waals surface area (Å²) in [5, 5.41) is -0.589. The Balaban J connectivity index is 1.50. The van der Waals surface area contributed by atoms with Gasteiger partial charge < -0.3 is 4.90 Å². The number of sulfonamides is 1. The molecule has 3 amide bonds. The molecule has 10 heteroatoms. The van der Waals surface area contributed by atoms with Crippen LogP contribution in [0.1, 0.15) is 46.0 Å². The zero-order chi connectivity index (χ0) is 20.3. The molecule has 158 valence electrons. The first kappa shape index (κ1) is 20.1. The number of imide groups is 1. The van der Waals surface area contributed by atoms with E-state index < -0.39 is 21.2 Å². The van der Waals surface area contributed by atoms with E-state index in [9.17, 15) is 18.0 Å². The molecule has 2 saturated carbocycles. The number of hydrogen-bond donors (Lipinski definition) is 2. The molecule has 0 aromatic rings. The Labute approximate surface area is 166 Å². The van der Waals surface area contributed by atoms with Gasteiger partial charge in [-0.25, -0.2) is 23.4 Å². The quantitative estimate of drug-likeness (QED) is 0.675. The molecule has 4 aliphatic rings. The van der Waals surface area contributed by atoms with Crippen molar-refractivity contribution in [1.82, 2.24) is 20.0 Å². The molecule has 2 saturated heterocycles. The van der Waals surface area contributed by atoms with Crippen LogP contribution in [0.25, 0.3) is 0 Å². The SMILES string of the molecule is CC1ONCC1CN1C(=O)C2CC(S(=O)(=O)NC3(C)CC3)CCC2N(C)C1=O. The molecule has 0 aromatic heterocycles. The van der Waals surface area contributed by atoms with E-state index in [4.69, 9.17) is 4.84 Å². The van der Waals surface area contributed by atoms with Crippen LogP contribution in [-0.2, 0) is 19.7 Å². The van der Waals surface area contributed by atoms with Gasteiger partial charge in [0.2, 0.25) is 15.9 Å². The highest BCUT2D eigenvalue weighted by Gasteiger charge is 2.51. The summed E-state index contributed by atoms with van der Waals surface area (Å²) in [6.45, 7) is 4.68. The Morgan fingerprint density at radius 1 is 1.29 bits per heavy atom. The van der Waals surface area contributed by atoms with Crippen molar-refractivity contribution in [2.75, 3.05) is 20.1 Å². The number of carbonyl (C=O) groups is 2. The van der Waals surface area contributed by atoms with Crippen molar-refractivity contribution in [3.63, 3.8) is 0 Å². The van der Waals surface area contributed by atoms with Gasteiger partial charge >= 0.3 is 6.03 Å². The van der Waals surface area contributed by atoms with E-state index >= 15 is 0 Å². The topological polar surface area (TPSA) is 108 Å². The third-order valence-corrected chi connectivity index (χ3v) is 8.99. The van der Waals surface area contributed by atoms with Crippen molar-refractivity contribution in [3.05, 3.63) is 0 Å². The Kier molecular flexibility index (Phi) is 4.96. The molecule has 0 spiro atoms. The number of nitrogens with zero attached hydrogens (tertiary/aromatic N) is 2. The Morgan fingerprint density at radius 3 is 2.61 bits per heavy atom. The van der Waals surface area contributed by atoms with Crippen LogP contribution < -0.4 is 10.2 Å². The van der Waals surface area contributed by atoms with Crippen molar-refractivity contribution in [2.45, 2.75) is 68.9 Å². The minimum atomic E-state index is -3.49. The number of rotatable bonds is 5. The number of amides is 3. The van der Waals surface area contributed by atoms with Gasteiger partial charge in [-0.3, -0.25) is 14.5 Å². The van der Waals surface area contributed by atoms with Gasteiger partial charge in [0, 0.05) is 37.6 Å². The number of hydrogen-bond acceptors (Lipinski definition) is 6. The fourth-order valence-electron chi connectivity index (χ4n) is 4.63. The molecule has 2 aliphatic carbocycles. The second-order valence-electron chi connectivity index (χ2n) is 9.09. The van der Waals surface area contributed by atoms with Crippen molar-refractivity contribution in [1.29, 1.82) is 0 Å². The summed E-state index contributed by atoms with van der Waals surface area (Å²) in [5.41, 5.74) is 2.49. The zero-order valence-electron chi connectivity index (χ0n) is 16.7. The van der Waals surface area contributed by atoms with E-state index in [-0.39, 0.29) is 48.5 Å². The first-order valence-electron chi connectivity index (χ1n) is 10.1. The highest BCUT2D eigenvalue weighted by Crippen LogP contribution is 2.40. The van der Waals surface area contributed by atoms with Crippen molar-refractivity contribution in [2.24, 2.45) is 11.8 Å². The standard InChI is InChI=1S/C18H30N4O5S/c1-11-12(9-19-27-11)10-22-16(23)14-8-13(4-5-15(14)21(3)17(22)24)28(25,26)20-18(2)6-7-18/h11-15,19-20H,4-10H2,1-3H3. The number of nitrogens with one attached hydrogen (secondary N) is 2. The minimum Gasteiger partial charge on any atom is -0.324 e. The van der Waals surface area contributed by atoms with Gasteiger partial charge in [-0.15, -0.1) is 0 Å². The summed E-state index contributed by atoms with van der Waals surface area (Å²) in [4.78, 5) is 34.2. The van der Waals surface area contributed by atoms with Crippen LogP contribution in [0.2, 0.25) is 0 Å². The molecule has 0 bridgehead atoms. The largest absolute Gasteiger partial charge is 0.326 e. The predicted molar refractivity (Wildman–Crippen MR) is 102 cm³/mol. The van der Waals surface area contributed by atoms with Crippen LogP contribution in [0.5, 0.6) is 0 Å². The van der Waals surface area contributed by atoms with Crippen molar-refractivity contribution in [3.8, 4) is 0 Å². The molecule has 2 aliphatic heterocycles. The van der Waals surface area contributed by atoms with E-state index in [0.29, 0.717) is 19.4 Å². The molecular weight excluding hydrogens is 384 g/mol. The van der Waals surface area contributed by atoms with Crippen molar-refractivity contribution >= 4 is 22.0 Å². The highest BCUT2D eigenvalue weighted by molar-refractivity contribution is 7.90. The second kappa shape index (κ2) is 6.93. The lowest BCUT2D eigenvalue weighted by atomic mass is 9.81. The number of hydroxylamine groups is 1. The lowest BCUT2D eigenvalue weighted by Crippen LogP contribution is -2.63. The Hall–Kier alpha value is -1.23. The third kappa shape index (κ3) is 3.55. The molecule has 2 heterocycles. The van der Waals surface area contributed by atoms with E-state index in [2.05, 4.69) is 10.2 Å². The molecule has 0 aromatic carbocycles. The summed E-state index contributed by atoms with van der Waals surface area (Å²) < 4.78 is 28.5. The highest BCUT2D eigenvalue weighted by atomic mass is 32.2. The van der Waals surface area contributed by atoms with E-state index in [1.165, 1.54) is 4.90 Å². The maximum absolute atomic E-state index is 13.2. The molecule has 28 heavy (non-hydrogen) atoms. The normalized spacial score (nSPS) is 37.9. The average molecular weight is 415 g/mol. The smallest absolute Gasteiger partial charge is 0.324 e. The molecule has 4 rings (SSSR count).